The molecule has 0 bridgehead atoms. The number of aliphatic hydroxyl groups excluding tert-OH is 1. The monoisotopic (exact) mass is 356 g/mol. The summed E-state index contributed by atoms with van der Waals surface area (Å²) in [6, 6.07) is -0.837. The number of hydrogen-bond acceptors (Lipinski definition) is 4. The van der Waals surface area contributed by atoms with Gasteiger partial charge in [-0.2, -0.15) is 0 Å². The van der Waals surface area contributed by atoms with Crippen molar-refractivity contribution in [3.05, 3.63) is 0 Å². The van der Waals surface area contributed by atoms with Crippen molar-refractivity contribution >= 4 is 17.9 Å². The molecule has 3 N–H and O–H groups in total. The summed E-state index contributed by atoms with van der Waals surface area (Å²) < 4.78 is 0. The van der Waals surface area contributed by atoms with E-state index in [0.29, 0.717) is 25.8 Å². The Kier molecular flexibility index (Phi) is 10.1. The van der Waals surface area contributed by atoms with E-state index in [0.717, 1.165) is 44.9 Å². The number of hydrogen-bond donors (Lipinski definition) is 3. The molecule has 1 rings (SSSR count). The minimum atomic E-state index is -0.788. The van der Waals surface area contributed by atoms with Gasteiger partial charge in [0.1, 0.15) is 6.04 Å². The average Bonchev–Trinajstić information content (AvgIpc) is 2.82. The summed E-state index contributed by atoms with van der Waals surface area (Å²) in [6.45, 7) is 2.49. The van der Waals surface area contributed by atoms with Crippen LogP contribution in [-0.4, -0.2) is 51.7 Å². The van der Waals surface area contributed by atoms with Gasteiger partial charge in [-0.05, 0) is 25.7 Å². The lowest BCUT2D eigenvalue weighted by atomic mass is 10.0. The molecule has 1 aliphatic rings. The first kappa shape index (κ1) is 21.4. The molecule has 0 aromatic carbocycles. The molecule has 2 atom stereocenters. The number of nitrogens with zero attached hydrogens (tertiary/aromatic N) is 1. The van der Waals surface area contributed by atoms with Crippen molar-refractivity contribution in [2.75, 3.05) is 6.54 Å². The van der Waals surface area contributed by atoms with E-state index >= 15 is 0 Å². The fraction of sp³-hybridized carbons (Fsp3) is 0.833. The number of unbranched alkanes of at least 4 members (excludes halogenated alkanes) is 5. The van der Waals surface area contributed by atoms with Crippen LogP contribution in [-0.2, 0) is 9.59 Å². The van der Waals surface area contributed by atoms with E-state index in [1.165, 1.54) is 4.90 Å². The van der Waals surface area contributed by atoms with Crippen LogP contribution in [0.2, 0.25) is 0 Å². The number of carboxylic acids is 1. The first-order valence-electron chi connectivity index (χ1n) is 9.47. The van der Waals surface area contributed by atoms with Gasteiger partial charge in [0.25, 0.3) is 5.91 Å². The maximum absolute atomic E-state index is 11.9. The summed E-state index contributed by atoms with van der Waals surface area (Å²) in [5.74, 6) is -1.06. The summed E-state index contributed by atoms with van der Waals surface area (Å²) in [7, 11) is 0. The zero-order valence-corrected chi connectivity index (χ0v) is 15.2. The van der Waals surface area contributed by atoms with Crippen LogP contribution in [0.15, 0.2) is 0 Å². The van der Waals surface area contributed by atoms with Crippen LogP contribution < -0.4 is 5.32 Å². The predicted octanol–water partition coefficient (Wildman–Crippen LogP) is 2.66. The Morgan fingerprint density at radius 2 is 1.84 bits per heavy atom. The Balaban J connectivity index is 2.31. The predicted molar refractivity (Wildman–Crippen MR) is 94.1 cm³/mol. The fourth-order valence-corrected chi connectivity index (χ4v) is 3.12. The third-order valence-corrected chi connectivity index (χ3v) is 4.63. The number of carbonyl (C=O) groups excluding carboxylic acids is 2. The van der Waals surface area contributed by atoms with Crippen molar-refractivity contribution in [3.63, 3.8) is 0 Å². The Morgan fingerprint density at radius 1 is 1.12 bits per heavy atom. The molecule has 0 aromatic rings. The SMILES string of the molecule is CCCCCC(O)CCN1C(=O)NC(=O)C1CCCCCCC(=O)O. The van der Waals surface area contributed by atoms with Crippen molar-refractivity contribution in [1.29, 1.82) is 0 Å². The Labute approximate surface area is 149 Å². The zero-order valence-electron chi connectivity index (χ0n) is 15.2. The van der Waals surface area contributed by atoms with Crippen molar-refractivity contribution in [2.24, 2.45) is 0 Å². The topological polar surface area (TPSA) is 107 Å². The minimum absolute atomic E-state index is 0.171. The molecule has 1 fully saturated rings. The summed E-state index contributed by atoms with van der Waals surface area (Å²) in [5.41, 5.74) is 0. The lowest BCUT2D eigenvalue weighted by molar-refractivity contribution is -0.137. The maximum atomic E-state index is 11.9. The summed E-state index contributed by atoms with van der Waals surface area (Å²) in [4.78, 5) is 35.9. The molecule has 7 nitrogen and oxygen atoms in total. The van der Waals surface area contributed by atoms with E-state index in [1.54, 1.807) is 0 Å². The molecule has 0 saturated carbocycles. The van der Waals surface area contributed by atoms with Gasteiger partial charge in [-0.1, -0.05) is 45.4 Å². The van der Waals surface area contributed by atoms with Gasteiger partial charge in [-0.25, -0.2) is 4.79 Å². The summed E-state index contributed by atoms with van der Waals surface area (Å²) >= 11 is 0. The van der Waals surface area contributed by atoms with Crippen molar-refractivity contribution in [2.45, 2.75) is 89.7 Å². The molecule has 1 heterocycles. The van der Waals surface area contributed by atoms with Gasteiger partial charge >= 0.3 is 12.0 Å². The lowest BCUT2D eigenvalue weighted by Crippen LogP contribution is -2.37. The van der Waals surface area contributed by atoms with Gasteiger partial charge in [0, 0.05) is 13.0 Å². The van der Waals surface area contributed by atoms with Gasteiger partial charge in [0.15, 0.2) is 0 Å². The third-order valence-electron chi connectivity index (χ3n) is 4.63. The van der Waals surface area contributed by atoms with Crippen molar-refractivity contribution in [3.8, 4) is 0 Å². The van der Waals surface area contributed by atoms with Crippen LogP contribution in [0, 0.1) is 0 Å². The van der Waals surface area contributed by atoms with E-state index in [2.05, 4.69) is 12.2 Å². The number of carboxylic acid groups (broad SMARTS) is 1. The summed E-state index contributed by atoms with van der Waals surface area (Å²) in [6.07, 6.45) is 7.76. The van der Waals surface area contributed by atoms with Crippen LogP contribution in [0.5, 0.6) is 0 Å². The normalized spacial score (nSPS) is 18.5. The molecule has 0 radical (unpaired) electrons. The number of carbonyl (C=O) groups is 3. The minimum Gasteiger partial charge on any atom is -0.481 e. The van der Waals surface area contributed by atoms with E-state index < -0.39 is 18.1 Å². The number of imide groups is 1. The van der Waals surface area contributed by atoms with Gasteiger partial charge in [-0.3, -0.25) is 14.9 Å². The van der Waals surface area contributed by atoms with Gasteiger partial charge < -0.3 is 15.1 Å². The molecule has 1 saturated heterocycles. The Bertz CT molecular complexity index is 441. The highest BCUT2D eigenvalue weighted by Crippen LogP contribution is 2.18. The third kappa shape index (κ3) is 8.34. The molecular formula is C18H32N2O5. The molecular weight excluding hydrogens is 324 g/mol. The molecule has 1 aliphatic heterocycles. The second-order valence-electron chi connectivity index (χ2n) is 6.79. The van der Waals surface area contributed by atoms with Crippen LogP contribution in [0.1, 0.15) is 77.6 Å². The molecule has 0 spiro atoms. The van der Waals surface area contributed by atoms with Gasteiger partial charge in [0.2, 0.25) is 0 Å². The second kappa shape index (κ2) is 11.8. The number of aliphatic hydroxyl groups is 1. The summed E-state index contributed by atoms with van der Waals surface area (Å²) in [5, 5.41) is 20.9. The highest BCUT2D eigenvalue weighted by atomic mass is 16.4. The molecule has 2 unspecified atom stereocenters. The maximum Gasteiger partial charge on any atom is 0.324 e. The van der Waals surface area contributed by atoms with E-state index in [4.69, 9.17) is 5.11 Å². The van der Waals surface area contributed by atoms with Crippen molar-refractivity contribution in [1.82, 2.24) is 10.2 Å². The number of urea groups is 1. The Hall–Kier alpha value is -1.63. The zero-order chi connectivity index (χ0) is 18.7. The molecule has 0 aromatic heterocycles. The fourth-order valence-electron chi connectivity index (χ4n) is 3.12. The van der Waals surface area contributed by atoms with E-state index in [9.17, 15) is 19.5 Å². The number of aliphatic carboxylic acids is 1. The lowest BCUT2D eigenvalue weighted by Gasteiger charge is -2.23. The first-order chi connectivity index (χ1) is 12.0. The van der Waals surface area contributed by atoms with Crippen LogP contribution in [0.25, 0.3) is 0 Å². The number of rotatable bonds is 14. The van der Waals surface area contributed by atoms with Crippen LogP contribution >= 0.6 is 0 Å². The van der Waals surface area contributed by atoms with Gasteiger partial charge in [-0.15, -0.1) is 0 Å². The molecule has 25 heavy (non-hydrogen) atoms. The molecule has 0 aliphatic carbocycles. The number of nitrogens with one attached hydrogen (secondary N) is 1. The molecule has 7 heteroatoms. The molecule has 3 amide bonds. The smallest absolute Gasteiger partial charge is 0.324 e. The molecule has 144 valence electrons. The largest absolute Gasteiger partial charge is 0.481 e. The quantitative estimate of drug-likeness (QED) is 0.328. The van der Waals surface area contributed by atoms with Crippen molar-refractivity contribution < 1.29 is 24.6 Å². The Morgan fingerprint density at radius 3 is 2.52 bits per heavy atom. The van der Waals surface area contributed by atoms with Crippen LogP contribution in [0.3, 0.4) is 0 Å². The number of amides is 3. The van der Waals surface area contributed by atoms with E-state index in [1.807, 2.05) is 0 Å². The first-order valence-corrected chi connectivity index (χ1v) is 9.47. The highest BCUT2D eigenvalue weighted by Gasteiger charge is 2.37. The average molecular weight is 356 g/mol. The van der Waals surface area contributed by atoms with Crippen LogP contribution in [0.4, 0.5) is 4.79 Å². The second-order valence-corrected chi connectivity index (χ2v) is 6.79. The van der Waals surface area contributed by atoms with E-state index in [-0.39, 0.29) is 18.4 Å². The highest BCUT2D eigenvalue weighted by molar-refractivity contribution is 6.04. The van der Waals surface area contributed by atoms with Gasteiger partial charge in [0.05, 0.1) is 6.10 Å². The standard InChI is InChI=1S/C18H32N2O5/c1-2-3-6-9-14(21)12-13-20-15(17(24)19-18(20)25)10-7-4-5-8-11-16(22)23/h14-15,21H,2-13H2,1H3,(H,22,23)(H,19,24,25).